The Bertz CT molecular complexity index is 1100. The summed E-state index contributed by atoms with van der Waals surface area (Å²) in [6.07, 6.45) is 5.25. The summed E-state index contributed by atoms with van der Waals surface area (Å²) >= 11 is 0. The van der Waals surface area contributed by atoms with Gasteiger partial charge in [-0.2, -0.15) is 0 Å². The fraction of sp³-hybridized carbons (Fsp3) is 0.263. The predicted molar refractivity (Wildman–Crippen MR) is 103 cm³/mol. The van der Waals surface area contributed by atoms with E-state index >= 15 is 0 Å². The highest BCUT2D eigenvalue weighted by atomic mass is 16.2. The molecule has 3 aromatic heterocycles. The number of pyridine rings is 2. The molecule has 0 saturated heterocycles. The molecule has 1 amide bonds. The Hall–Kier alpha value is -3.42. The van der Waals surface area contributed by atoms with Crippen LogP contribution in [-0.4, -0.2) is 25.4 Å². The molecule has 0 atom stereocenters. The Morgan fingerprint density at radius 2 is 2.07 bits per heavy atom. The zero-order valence-corrected chi connectivity index (χ0v) is 15.3. The smallest absolute Gasteiger partial charge is 0.257 e. The number of hydrogen-bond acceptors (Lipinski definition) is 5. The highest BCUT2D eigenvalue weighted by molar-refractivity contribution is 6.00. The maximum Gasteiger partial charge on any atom is 0.257 e. The summed E-state index contributed by atoms with van der Waals surface area (Å²) in [6.45, 7) is 4.03. The summed E-state index contributed by atoms with van der Waals surface area (Å²) < 4.78 is 1.80. The molecule has 1 aliphatic rings. The van der Waals surface area contributed by atoms with Crippen LogP contribution in [0.25, 0.3) is 11.3 Å². The van der Waals surface area contributed by atoms with Crippen molar-refractivity contribution in [2.45, 2.75) is 26.2 Å². The average molecular weight is 364 g/mol. The second kappa shape index (κ2) is 6.39. The van der Waals surface area contributed by atoms with Gasteiger partial charge in [-0.05, 0) is 18.1 Å². The normalized spacial score (nSPS) is 13.0. The topological polar surface area (TPSA) is 105 Å². The number of aromatic amines is 1. The van der Waals surface area contributed by atoms with Crippen LogP contribution < -0.4 is 16.2 Å². The molecule has 0 aromatic carbocycles. The number of hydrogen-bond donors (Lipinski definition) is 3. The molecule has 0 spiro atoms. The van der Waals surface area contributed by atoms with Gasteiger partial charge in [-0.3, -0.25) is 9.59 Å². The van der Waals surface area contributed by atoms with E-state index in [-0.39, 0.29) is 23.8 Å². The molecule has 3 aromatic rings. The molecule has 0 radical (unpaired) electrons. The van der Waals surface area contributed by atoms with E-state index in [9.17, 15) is 9.59 Å². The van der Waals surface area contributed by atoms with Gasteiger partial charge in [0.25, 0.3) is 5.56 Å². The average Bonchev–Trinajstić information content (AvgIpc) is 3.21. The minimum Gasteiger partial charge on any atom is -0.354 e. The van der Waals surface area contributed by atoms with Gasteiger partial charge in [0.1, 0.15) is 5.82 Å². The molecule has 4 rings (SSSR count). The van der Waals surface area contributed by atoms with E-state index in [1.165, 1.54) is 0 Å². The molecule has 3 N–H and O–H groups in total. The second-order valence-corrected chi connectivity index (χ2v) is 6.92. The van der Waals surface area contributed by atoms with Crippen LogP contribution in [0.3, 0.4) is 0 Å². The summed E-state index contributed by atoms with van der Waals surface area (Å²) in [5, 5.41) is 6.14. The molecule has 0 unspecified atom stereocenters. The zero-order chi connectivity index (χ0) is 19.1. The fourth-order valence-electron chi connectivity index (χ4n) is 3.29. The Morgan fingerprint density at radius 1 is 1.26 bits per heavy atom. The van der Waals surface area contributed by atoms with Crippen LogP contribution in [0, 0.1) is 0 Å². The quantitative estimate of drug-likeness (QED) is 0.660. The van der Waals surface area contributed by atoms with Crippen LogP contribution in [0.4, 0.5) is 17.2 Å². The second-order valence-electron chi connectivity index (χ2n) is 6.92. The maximum absolute atomic E-state index is 12.6. The molecule has 0 fully saturated rings. The van der Waals surface area contributed by atoms with Crippen molar-refractivity contribution in [2.24, 2.45) is 7.05 Å². The van der Waals surface area contributed by atoms with Crippen LogP contribution >= 0.6 is 0 Å². The van der Waals surface area contributed by atoms with Gasteiger partial charge in [0, 0.05) is 30.2 Å². The lowest BCUT2D eigenvalue weighted by molar-refractivity contribution is -0.115. The summed E-state index contributed by atoms with van der Waals surface area (Å²) in [5.74, 6) is 0.607. The first-order chi connectivity index (χ1) is 12.9. The number of imidazole rings is 1. The third-order valence-corrected chi connectivity index (χ3v) is 4.66. The molecule has 0 bridgehead atoms. The molecule has 1 aliphatic heterocycles. The number of H-pyrrole nitrogens is 1. The first-order valence-electron chi connectivity index (χ1n) is 8.72. The third kappa shape index (κ3) is 2.99. The summed E-state index contributed by atoms with van der Waals surface area (Å²) in [6, 6.07) is 3.67. The number of nitrogens with zero attached hydrogens (tertiary/aromatic N) is 3. The number of aryl methyl sites for hydroxylation is 1. The van der Waals surface area contributed by atoms with Crippen molar-refractivity contribution in [3.63, 3.8) is 0 Å². The molecular weight excluding hydrogens is 344 g/mol. The van der Waals surface area contributed by atoms with Crippen molar-refractivity contribution >= 4 is 23.1 Å². The lowest BCUT2D eigenvalue weighted by atomic mass is 10.0. The van der Waals surface area contributed by atoms with Gasteiger partial charge in [0.15, 0.2) is 0 Å². The number of anilines is 3. The van der Waals surface area contributed by atoms with E-state index in [1.807, 2.05) is 33.0 Å². The van der Waals surface area contributed by atoms with Crippen LogP contribution in [0.15, 0.2) is 35.6 Å². The third-order valence-electron chi connectivity index (χ3n) is 4.66. The van der Waals surface area contributed by atoms with Gasteiger partial charge in [-0.15, -0.1) is 0 Å². The number of rotatable bonds is 4. The summed E-state index contributed by atoms with van der Waals surface area (Å²) in [4.78, 5) is 35.7. The summed E-state index contributed by atoms with van der Waals surface area (Å²) in [5.41, 5.74) is 4.30. The minimum atomic E-state index is -0.162. The van der Waals surface area contributed by atoms with Crippen molar-refractivity contribution < 1.29 is 4.79 Å². The van der Waals surface area contributed by atoms with E-state index < -0.39 is 0 Å². The lowest BCUT2D eigenvalue weighted by Crippen LogP contribution is -2.16. The zero-order valence-electron chi connectivity index (χ0n) is 15.3. The first kappa shape index (κ1) is 17.0. The molecule has 8 heteroatoms. The van der Waals surface area contributed by atoms with Crippen LogP contribution in [0.2, 0.25) is 0 Å². The standard InChI is InChI=1S/C19H20N6O2/c1-10(2)17-14(6-12(19(27)24-17)15-8-20-9-25(15)3)22-13-4-5-21-18-11(13)7-16(26)23-18/h4-6,8-10H,7H2,1-3H3,(H,24,27)(H2,21,22,23,26). The number of amides is 1. The van der Waals surface area contributed by atoms with Gasteiger partial charge >= 0.3 is 0 Å². The van der Waals surface area contributed by atoms with Crippen molar-refractivity contribution in [3.05, 3.63) is 52.5 Å². The molecule has 138 valence electrons. The summed E-state index contributed by atoms with van der Waals surface area (Å²) in [7, 11) is 1.85. The van der Waals surface area contributed by atoms with Crippen LogP contribution in [0.1, 0.15) is 31.0 Å². The molecule has 27 heavy (non-hydrogen) atoms. The molecule has 0 saturated carbocycles. The SMILES string of the molecule is CC(C)c1[nH]c(=O)c(-c2cncn2C)cc1Nc1ccnc2c1CC(=O)N2. The van der Waals surface area contributed by atoms with E-state index in [4.69, 9.17) is 0 Å². The van der Waals surface area contributed by atoms with Crippen molar-refractivity contribution in [3.8, 4) is 11.3 Å². The molecule has 4 heterocycles. The molecular formula is C19H20N6O2. The van der Waals surface area contributed by atoms with Crippen molar-refractivity contribution in [1.29, 1.82) is 0 Å². The number of fused-ring (bicyclic) bond motifs is 1. The monoisotopic (exact) mass is 364 g/mol. The number of aromatic nitrogens is 4. The minimum absolute atomic E-state index is 0.0760. The fourth-order valence-corrected chi connectivity index (χ4v) is 3.29. The molecule has 8 nitrogen and oxygen atoms in total. The lowest BCUT2D eigenvalue weighted by Gasteiger charge is -2.17. The Balaban J connectivity index is 1.83. The highest BCUT2D eigenvalue weighted by Gasteiger charge is 2.23. The van der Waals surface area contributed by atoms with Gasteiger partial charge in [0.2, 0.25) is 5.91 Å². The van der Waals surface area contributed by atoms with Crippen molar-refractivity contribution in [2.75, 3.05) is 10.6 Å². The number of nitrogens with one attached hydrogen (secondary N) is 3. The highest BCUT2D eigenvalue weighted by Crippen LogP contribution is 2.33. The Kier molecular flexibility index (Phi) is 4.02. The van der Waals surface area contributed by atoms with E-state index in [0.717, 1.165) is 28.3 Å². The molecule has 0 aliphatic carbocycles. The van der Waals surface area contributed by atoms with Crippen LogP contribution in [-0.2, 0) is 18.3 Å². The number of carbonyl (C=O) groups is 1. The van der Waals surface area contributed by atoms with Crippen LogP contribution in [0.5, 0.6) is 0 Å². The predicted octanol–water partition coefficient (Wildman–Crippen LogP) is 2.53. The first-order valence-corrected chi connectivity index (χ1v) is 8.72. The van der Waals surface area contributed by atoms with Gasteiger partial charge in [0.05, 0.1) is 35.9 Å². The largest absolute Gasteiger partial charge is 0.354 e. The van der Waals surface area contributed by atoms with Gasteiger partial charge in [-0.1, -0.05) is 13.8 Å². The maximum atomic E-state index is 12.6. The van der Waals surface area contributed by atoms with Crippen molar-refractivity contribution in [1.82, 2.24) is 19.5 Å². The van der Waals surface area contributed by atoms with E-state index in [0.29, 0.717) is 11.4 Å². The van der Waals surface area contributed by atoms with Gasteiger partial charge in [-0.25, -0.2) is 9.97 Å². The Labute approximate surface area is 155 Å². The van der Waals surface area contributed by atoms with E-state index in [2.05, 4.69) is 25.6 Å². The Morgan fingerprint density at radius 3 is 2.78 bits per heavy atom. The van der Waals surface area contributed by atoms with Gasteiger partial charge < -0.3 is 20.2 Å². The number of carbonyl (C=O) groups excluding carboxylic acids is 1. The van der Waals surface area contributed by atoms with E-state index in [1.54, 1.807) is 23.3 Å².